The molecule has 0 amide bonds. The molecule has 0 atom stereocenters. The molecule has 0 saturated carbocycles. The van der Waals surface area contributed by atoms with E-state index in [0.29, 0.717) is 0 Å². The number of halogens is 3. The van der Waals surface area contributed by atoms with Gasteiger partial charge in [0.15, 0.2) is 0 Å². The second-order valence-corrected chi connectivity index (χ2v) is 4.16. The zero-order chi connectivity index (χ0) is 14.8. The monoisotopic (exact) mass is 280 g/mol. The van der Waals surface area contributed by atoms with Crippen molar-refractivity contribution in [2.45, 2.75) is 5.67 Å². The molecule has 20 heavy (non-hydrogen) atoms. The van der Waals surface area contributed by atoms with E-state index in [0.717, 1.165) is 55.6 Å². The smallest absolute Gasteiger partial charge is 0.353 e. The van der Waals surface area contributed by atoms with E-state index in [1.807, 2.05) is 0 Å². The van der Waals surface area contributed by atoms with Gasteiger partial charge in [-0.15, -0.1) is 0 Å². The maximum absolute atomic E-state index is 15.2. The average molecular weight is 280 g/mol. The van der Waals surface area contributed by atoms with Crippen LogP contribution in [0.4, 0.5) is 13.2 Å². The standard InChI is InChI=1S/C15H11F3O2/c1-20-14(19)15(18,10-2-6-12(16)7-3-10)11-4-8-13(17)9-5-11/h2-9H,1H3. The summed E-state index contributed by atoms with van der Waals surface area (Å²) in [4.78, 5) is 11.8. The number of esters is 1. The third-order valence-electron chi connectivity index (χ3n) is 2.95. The number of rotatable bonds is 3. The predicted molar refractivity (Wildman–Crippen MR) is 66.7 cm³/mol. The second-order valence-electron chi connectivity index (χ2n) is 4.16. The summed E-state index contributed by atoms with van der Waals surface area (Å²) in [6, 6.07) is 8.74. The number of benzene rings is 2. The zero-order valence-corrected chi connectivity index (χ0v) is 10.6. The Morgan fingerprint density at radius 3 is 1.55 bits per heavy atom. The van der Waals surface area contributed by atoms with Gasteiger partial charge >= 0.3 is 5.97 Å². The number of alkyl halides is 1. The average Bonchev–Trinajstić information content (AvgIpc) is 2.47. The fraction of sp³-hybridized carbons (Fsp3) is 0.133. The fourth-order valence-corrected chi connectivity index (χ4v) is 1.90. The van der Waals surface area contributed by atoms with Crippen molar-refractivity contribution in [3.63, 3.8) is 0 Å². The largest absolute Gasteiger partial charge is 0.466 e. The van der Waals surface area contributed by atoms with Crippen LogP contribution in [-0.2, 0) is 15.2 Å². The molecule has 0 N–H and O–H groups in total. The second kappa shape index (κ2) is 5.36. The Balaban J connectivity index is 2.58. The van der Waals surface area contributed by atoms with E-state index >= 15 is 4.39 Å². The first kappa shape index (κ1) is 14.1. The van der Waals surface area contributed by atoms with Crippen molar-refractivity contribution in [1.82, 2.24) is 0 Å². The van der Waals surface area contributed by atoms with Crippen LogP contribution in [0.2, 0.25) is 0 Å². The van der Waals surface area contributed by atoms with Crippen LogP contribution in [0.25, 0.3) is 0 Å². The van der Waals surface area contributed by atoms with Crippen molar-refractivity contribution < 1.29 is 22.7 Å². The lowest BCUT2D eigenvalue weighted by atomic mass is 9.88. The first-order chi connectivity index (χ1) is 9.48. The zero-order valence-electron chi connectivity index (χ0n) is 10.6. The molecule has 0 aliphatic heterocycles. The van der Waals surface area contributed by atoms with Gasteiger partial charge in [0.05, 0.1) is 7.11 Å². The Labute approximate surface area is 113 Å². The molecule has 0 aliphatic rings. The molecule has 2 rings (SSSR count). The lowest BCUT2D eigenvalue weighted by Gasteiger charge is -2.23. The molecule has 2 nitrogen and oxygen atoms in total. The molecule has 0 bridgehead atoms. The topological polar surface area (TPSA) is 26.3 Å². The fourth-order valence-electron chi connectivity index (χ4n) is 1.90. The van der Waals surface area contributed by atoms with Gasteiger partial charge in [0, 0.05) is 11.1 Å². The van der Waals surface area contributed by atoms with E-state index in [1.165, 1.54) is 0 Å². The van der Waals surface area contributed by atoms with Crippen LogP contribution in [0.15, 0.2) is 48.5 Å². The quantitative estimate of drug-likeness (QED) is 0.806. The van der Waals surface area contributed by atoms with Crippen LogP contribution in [0.5, 0.6) is 0 Å². The molecular formula is C15H11F3O2. The Morgan fingerprint density at radius 2 is 1.25 bits per heavy atom. The molecule has 0 heterocycles. The lowest BCUT2D eigenvalue weighted by molar-refractivity contribution is -0.152. The first-order valence-corrected chi connectivity index (χ1v) is 5.78. The maximum Gasteiger partial charge on any atom is 0.353 e. The van der Waals surface area contributed by atoms with Gasteiger partial charge in [-0.2, -0.15) is 0 Å². The Bertz CT molecular complexity index is 561. The van der Waals surface area contributed by atoms with Crippen LogP contribution in [0.1, 0.15) is 11.1 Å². The SMILES string of the molecule is COC(=O)C(F)(c1ccc(F)cc1)c1ccc(F)cc1. The maximum atomic E-state index is 15.2. The Hall–Kier alpha value is -2.30. The van der Waals surface area contributed by atoms with Crippen molar-refractivity contribution in [3.05, 3.63) is 71.3 Å². The summed E-state index contributed by atoms with van der Waals surface area (Å²) < 4.78 is 45.5. The highest BCUT2D eigenvalue weighted by atomic mass is 19.1. The van der Waals surface area contributed by atoms with Crippen molar-refractivity contribution in [1.29, 1.82) is 0 Å². The van der Waals surface area contributed by atoms with Crippen LogP contribution in [-0.4, -0.2) is 13.1 Å². The highest BCUT2D eigenvalue weighted by Crippen LogP contribution is 2.35. The molecule has 0 radical (unpaired) electrons. The summed E-state index contributed by atoms with van der Waals surface area (Å²) in [7, 11) is 1.05. The molecule has 0 aliphatic carbocycles. The molecule has 5 heteroatoms. The van der Waals surface area contributed by atoms with Gasteiger partial charge < -0.3 is 4.74 Å². The summed E-state index contributed by atoms with van der Waals surface area (Å²) >= 11 is 0. The van der Waals surface area contributed by atoms with E-state index < -0.39 is 23.3 Å². The molecule has 2 aromatic rings. The molecule has 0 spiro atoms. The van der Waals surface area contributed by atoms with Gasteiger partial charge in [0.25, 0.3) is 5.67 Å². The molecule has 2 aromatic carbocycles. The van der Waals surface area contributed by atoms with Crippen LogP contribution >= 0.6 is 0 Å². The number of carbonyl (C=O) groups excluding carboxylic acids is 1. The van der Waals surface area contributed by atoms with Crippen molar-refractivity contribution in [3.8, 4) is 0 Å². The summed E-state index contributed by atoms with van der Waals surface area (Å²) in [5, 5.41) is 0. The summed E-state index contributed by atoms with van der Waals surface area (Å²) in [5.41, 5.74) is -2.79. The van der Waals surface area contributed by atoms with E-state index in [1.54, 1.807) is 0 Å². The number of methoxy groups -OCH3 is 1. The molecule has 0 unspecified atom stereocenters. The molecule has 0 saturated heterocycles. The Kier molecular flexibility index (Phi) is 3.79. The van der Waals surface area contributed by atoms with E-state index in [9.17, 15) is 13.6 Å². The van der Waals surface area contributed by atoms with Gasteiger partial charge in [-0.3, -0.25) is 0 Å². The predicted octanol–water partition coefficient (Wildman–Crippen LogP) is 3.35. The highest BCUT2D eigenvalue weighted by Gasteiger charge is 2.43. The van der Waals surface area contributed by atoms with Crippen LogP contribution < -0.4 is 0 Å². The van der Waals surface area contributed by atoms with Crippen LogP contribution in [0, 0.1) is 11.6 Å². The number of ether oxygens (including phenoxy) is 1. The Morgan fingerprint density at radius 1 is 0.900 bits per heavy atom. The highest BCUT2D eigenvalue weighted by molar-refractivity contribution is 5.85. The minimum Gasteiger partial charge on any atom is -0.466 e. The third-order valence-corrected chi connectivity index (χ3v) is 2.95. The first-order valence-electron chi connectivity index (χ1n) is 5.78. The van der Waals surface area contributed by atoms with Gasteiger partial charge in [-0.05, 0) is 24.3 Å². The molecule has 0 fully saturated rings. The summed E-state index contributed by atoms with van der Waals surface area (Å²) in [6.07, 6.45) is 0. The van der Waals surface area contributed by atoms with E-state index in [4.69, 9.17) is 0 Å². The number of carbonyl (C=O) groups is 1. The minimum atomic E-state index is -2.61. The van der Waals surface area contributed by atoms with Gasteiger partial charge in [-0.1, -0.05) is 24.3 Å². The number of hydrogen-bond acceptors (Lipinski definition) is 2. The lowest BCUT2D eigenvalue weighted by Crippen LogP contribution is -2.33. The molecular weight excluding hydrogens is 269 g/mol. The van der Waals surface area contributed by atoms with Crippen molar-refractivity contribution >= 4 is 5.97 Å². The van der Waals surface area contributed by atoms with Crippen LogP contribution in [0.3, 0.4) is 0 Å². The normalized spacial score (nSPS) is 11.2. The van der Waals surface area contributed by atoms with E-state index in [-0.39, 0.29) is 11.1 Å². The number of hydrogen-bond donors (Lipinski definition) is 0. The summed E-state index contributed by atoms with van der Waals surface area (Å²) in [6.45, 7) is 0. The molecule has 0 aromatic heterocycles. The third kappa shape index (κ3) is 2.39. The van der Waals surface area contributed by atoms with Gasteiger partial charge in [-0.25, -0.2) is 18.0 Å². The van der Waals surface area contributed by atoms with Gasteiger partial charge in [0.1, 0.15) is 11.6 Å². The molecule has 104 valence electrons. The summed E-state index contributed by atoms with van der Waals surface area (Å²) in [5.74, 6) is -2.27. The minimum absolute atomic E-state index is 0.0858. The van der Waals surface area contributed by atoms with Crippen molar-refractivity contribution in [2.24, 2.45) is 0 Å². The van der Waals surface area contributed by atoms with Gasteiger partial charge in [0.2, 0.25) is 0 Å². The van der Waals surface area contributed by atoms with E-state index in [2.05, 4.69) is 4.74 Å². The van der Waals surface area contributed by atoms with Crippen molar-refractivity contribution in [2.75, 3.05) is 7.11 Å².